The van der Waals surface area contributed by atoms with E-state index in [1.807, 2.05) is 12.4 Å². The van der Waals surface area contributed by atoms with Crippen molar-refractivity contribution in [1.82, 2.24) is 9.88 Å². The van der Waals surface area contributed by atoms with Gasteiger partial charge in [-0.1, -0.05) is 6.07 Å². The summed E-state index contributed by atoms with van der Waals surface area (Å²) in [6.45, 7) is 4.87. The van der Waals surface area contributed by atoms with Gasteiger partial charge in [-0.15, -0.1) is 11.3 Å². The Morgan fingerprint density at radius 3 is 2.94 bits per heavy atom. The number of aliphatic hydroxyl groups is 1. The minimum Gasteiger partial charge on any atom is -0.390 e. The van der Waals surface area contributed by atoms with Gasteiger partial charge in [0.2, 0.25) is 0 Å². The molecule has 2 aromatic rings. The molecule has 0 amide bonds. The van der Waals surface area contributed by atoms with E-state index in [4.69, 9.17) is 0 Å². The van der Waals surface area contributed by atoms with Crippen molar-refractivity contribution in [2.75, 3.05) is 13.1 Å². The van der Waals surface area contributed by atoms with Gasteiger partial charge in [0.05, 0.1) is 21.3 Å². The molecule has 0 saturated carbocycles. The predicted octanol–water partition coefficient (Wildman–Crippen LogP) is 2.64. The van der Waals surface area contributed by atoms with Gasteiger partial charge in [-0.25, -0.2) is 4.98 Å². The third-order valence-electron chi connectivity index (χ3n) is 3.74. The highest BCUT2D eigenvalue weighted by atomic mass is 32.1. The van der Waals surface area contributed by atoms with Crippen LogP contribution in [0.3, 0.4) is 0 Å². The SMILES string of the molecule is CC1(O)CCN(Cc2ccc3ncsc3c2)CC1. The Labute approximate surface area is 111 Å². The molecule has 0 unspecified atom stereocenters. The van der Waals surface area contributed by atoms with Gasteiger partial charge >= 0.3 is 0 Å². The molecule has 1 saturated heterocycles. The van der Waals surface area contributed by atoms with E-state index < -0.39 is 5.60 Å². The maximum absolute atomic E-state index is 9.94. The van der Waals surface area contributed by atoms with E-state index in [0.29, 0.717) is 0 Å². The van der Waals surface area contributed by atoms with Crippen molar-refractivity contribution in [3.63, 3.8) is 0 Å². The standard InChI is InChI=1S/C14H18N2OS/c1-14(17)4-6-16(7-5-14)9-11-2-3-12-13(8-11)18-10-15-12/h2-3,8,10,17H,4-7,9H2,1H3. The average Bonchev–Trinajstić information content (AvgIpc) is 2.79. The molecule has 18 heavy (non-hydrogen) atoms. The molecule has 1 N–H and O–H groups in total. The Morgan fingerprint density at radius 2 is 2.17 bits per heavy atom. The summed E-state index contributed by atoms with van der Waals surface area (Å²) in [5.41, 5.74) is 3.86. The highest BCUT2D eigenvalue weighted by molar-refractivity contribution is 7.16. The predicted molar refractivity (Wildman–Crippen MR) is 74.8 cm³/mol. The van der Waals surface area contributed by atoms with E-state index in [0.717, 1.165) is 38.0 Å². The van der Waals surface area contributed by atoms with Gasteiger partial charge in [0, 0.05) is 19.6 Å². The molecule has 96 valence electrons. The van der Waals surface area contributed by atoms with Crippen LogP contribution in [-0.2, 0) is 6.54 Å². The molecule has 0 spiro atoms. The first-order valence-corrected chi connectivity index (χ1v) is 7.27. The second-order valence-electron chi connectivity index (χ2n) is 5.43. The van der Waals surface area contributed by atoms with E-state index in [9.17, 15) is 5.11 Å². The number of thiazole rings is 1. The molecule has 2 heterocycles. The molecule has 3 rings (SSSR count). The number of aromatic nitrogens is 1. The summed E-state index contributed by atoms with van der Waals surface area (Å²) in [5.74, 6) is 0. The zero-order valence-corrected chi connectivity index (χ0v) is 11.4. The van der Waals surface area contributed by atoms with Gasteiger partial charge in [0.25, 0.3) is 0 Å². The van der Waals surface area contributed by atoms with E-state index in [1.165, 1.54) is 10.3 Å². The van der Waals surface area contributed by atoms with Crippen molar-refractivity contribution in [2.45, 2.75) is 31.9 Å². The molecule has 0 aliphatic carbocycles. The van der Waals surface area contributed by atoms with Crippen molar-refractivity contribution >= 4 is 21.6 Å². The molecule has 1 aromatic heterocycles. The van der Waals surface area contributed by atoms with Crippen molar-refractivity contribution in [3.05, 3.63) is 29.3 Å². The van der Waals surface area contributed by atoms with Crippen LogP contribution in [0.25, 0.3) is 10.2 Å². The average molecular weight is 262 g/mol. The Hall–Kier alpha value is -0.970. The maximum Gasteiger partial charge on any atom is 0.0812 e. The van der Waals surface area contributed by atoms with Crippen molar-refractivity contribution in [3.8, 4) is 0 Å². The molecular formula is C14H18N2OS. The number of piperidine rings is 1. The normalized spacial score (nSPS) is 20.3. The van der Waals surface area contributed by atoms with Gasteiger partial charge < -0.3 is 5.11 Å². The summed E-state index contributed by atoms with van der Waals surface area (Å²) in [6.07, 6.45) is 1.74. The summed E-state index contributed by atoms with van der Waals surface area (Å²) in [6, 6.07) is 6.50. The number of likely N-dealkylation sites (tertiary alicyclic amines) is 1. The highest BCUT2D eigenvalue weighted by Crippen LogP contribution is 2.24. The Bertz CT molecular complexity index is 539. The first kappa shape index (κ1) is 12.1. The zero-order chi connectivity index (χ0) is 12.6. The molecule has 0 bridgehead atoms. The molecule has 1 aliphatic heterocycles. The second-order valence-corrected chi connectivity index (χ2v) is 6.31. The van der Waals surface area contributed by atoms with Gasteiger partial charge in [0.15, 0.2) is 0 Å². The van der Waals surface area contributed by atoms with E-state index in [2.05, 4.69) is 28.1 Å². The smallest absolute Gasteiger partial charge is 0.0812 e. The van der Waals surface area contributed by atoms with Gasteiger partial charge in [-0.3, -0.25) is 4.90 Å². The summed E-state index contributed by atoms with van der Waals surface area (Å²) in [4.78, 5) is 6.71. The lowest BCUT2D eigenvalue weighted by Crippen LogP contribution is -2.41. The molecule has 1 fully saturated rings. The first-order valence-electron chi connectivity index (χ1n) is 6.39. The molecule has 1 aromatic carbocycles. The fraction of sp³-hybridized carbons (Fsp3) is 0.500. The maximum atomic E-state index is 9.94. The molecule has 3 nitrogen and oxygen atoms in total. The van der Waals surface area contributed by atoms with E-state index in [-0.39, 0.29) is 0 Å². The lowest BCUT2D eigenvalue weighted by molar-refractivity contribution is -0.00729. The topological polar surface area (TPSA) is 36.4 Å². The fourth-order valence-corrected chi connectivity index (χ4v) is 3.19. The number of hydrogen-bond acceptors (Lipinski definition) is 4. The number of hydrogen-bond donors (Lipinski definition) is 1. The van der Waals surface area contributed by atoms with Crippen molar-refractivity contribution < 1.29 is 5.11 Å². The largest absolute Gasteiger partial charge is 0.390 e. The Kier molecular flexibility index (Phi) is 3.09. The Balaban J connectivity index is 1.69. The fourth-order valence-electron chi connectivity index (χ4n) is 2.45. The van der Waals surface area contributed by atoms with Crippen LogP contribution in [-0.4, -0.2) is 33.7 Å². The number of nitrogens with zero attached hydrogens (tertiary/aromatic N) is 2. The molecular weight excluding hydrogens is 244 g/mol. The molecule has 4 heteroatoms. The second kappa shape index (κ2) is 4.61. The summed E-state index contributed by atoms with van der Waals surface area (Å²) < 4.78 is 1.26. The number of fused-ring (bicyclic) bond motifs is 1. The zero-order valence-electron chi connectivity index (χ0n) is 10.6. The quantitative estimate of drug-likeness (QED) is 0.904. The Morgan fingerprint density at radius 1 is 1.39 bits per heavy atom. The van der Waals surface area contributed by atoms with Crippen molar-refractivity contribution in [1.29, 1.82) is 0 Å². The van der Waals surface area contributed by atoms with Crippen LogP contribution < -0.4 is 0 Å². The van der Waals surface area contributed by atoms with E-state index >= 15 is 0 Å². The van der Waals surface area contributed by atoms with Crippen LogP contribution in [0.5, 0.6) is 0 Å². The van der Waals surface area contributed by atoms with Gasteiger partial charge in [-0.05, 0) is 37.5 Å². The summed E-state index contributed by atoms with van der Waals surface area (Å²) in [5, 5.41) is 9.94. The van der Waals surface area contributed by atoms with Crippen LogP contribution >= 0.6 is 11.3 Å². The third kappa shape index (κ3) is 2.55. The highest BCUT2D eigenvalue weighted by Gasteiger charge is 2.27. The van der Waals surface area contributed by atoms with Crippen LogP contribution in [0.2, 0.25) is 0 Å². The molecule has 0 atom stereocenters. The van der Waals surface area contributed by atoms with E-state index in [1.54, 1.807) is 11.3 Å². The lowest BCUT2D eigenvalue weighted by atomic mass is 9.93. The number of rotatable bonds is 2. The summed E-state index contributed by atoms with van der Waals surface area (Å²) in [7, 11) is 0. The first-order chi connectivity index (χ1) is 8.62. The summed E-state index contributed by atoms with van der Waals surface area (Å²) >= 11 is 1.69. The van der Waals surface area contributed by atoms with Crippen LogP contribution in [0.15, 0.2) is 23.7 Å². The third-order valence-corrected chi connectivity index (χ3v) is 4.53. The monoisotopic (exact) mass is 262 g/mol. The minimum atomic E-state index is -0.460. The van der Waals surface area contributed by atoms with Crippen LogP contribution in [0, 0.1) is 0 Å². The van der Waals surface area contributed by atoms with Gasteiger partial charge in [0.1, 0.15) is 0 Å². The molecule has 0 radical (unpaired) electrons. The van der Waals surface area contributed by atoms with Crippen LogP contribution in [0.1, 0.15) is 25.3 Å². The van der Waals surface area contributed by atoms with Gasteiger partial charge in [-0.2, -0.15) is 0 Å². The molecule has 1 aliphatic rings. The lowest BCUT2D eigenvalue weighted by Gasteiger charge is -2.35. The van der Waals surface area contributed by atoms with Crippen LogP contribution in [0.4, 0.5) is 0 Å². The van der Waals surface area contributed by atoms with Crippen molar-refractivity contribution in [2.24, 2.45) is 0 Å². The minimum absolute atomic E-state index is 0.460. The number of benzene rings is 1.